The Kier molecular flexibility index (Phi) is 4.15. The molecule has 3 rings (SSSR count). The zero-order valence-corrected chi connectivity index (χ0v) is 12.6. The van der Waals surface area contributed by atoms with Gasteiger partial charge in [0.05, 0.1) is 6.42 Å². The van der Waals surface area contributed by atoms with Gasteiger partial charge < -0.3 is 10.6 Å². The largest absolute Gasteiger partial charge is 0.368 e. The second-order valence-corrected chi connectivity index (χ2v) is 6.28. The summed E-state index contributed by atoms with van der Waals surface area (Å²) in [6.45, 7) is 1.58. The van der Waals surface area contributed by atoms with Gasteiger partial charge in [0, 0.05) is 35.8 Å². The zero-order valence-electron chi connectivity index (χ0n) is 11.7. The Morgan fingerprint density at radius 2 is 2.19 bits per heavy atom. The van der Waals surface area contributed by atoms with E-state index in [4.69, 9.17) is 5.73 Å². The van der Waals surface area contributed by atoms with Crippen molar-refractivity contribution in [3.05, 3.63) is 40.3 Å². The van der Waals surface area contributed by atoms with Crippen LogP contribution in [0, 0.1) is 0 Å². The van der Waals surface area contributed by atoms with E-state index in [0.717, 1.165) is 36.5 Å². The monoisotopic (exact) mass is 302 g/mol. The molecule has 0 bridgehead atoms. The number of hydrogen-bond acceptors (Lipinski definition) is 5. The van der Waals surface area contributed by atoms with E-state index in [-0.39, 0.29) is 5.91 Å². The molecule has 0 unspecified atom stereocenters. The minimum Gasteiger partial charge on any atom is -0.368 e. The zero-order chi connectivity index (χ0) is 14.7. The number of hydrogen-bond donors (Lipinski definition) is 1. The third kappa shape index (κ3) is 3.39. The molecule has 1 amide bonds. The Morgan fingerprint density at radius 1 is 1.38 bits per heavy atom. The summed E-state index contributed by atoms with van der Waals surface area (Å²) in [6.07, 6.45) is 4.09. The van der Waals surface area contributed by atoms with E-state index in [1.54, 1.807) is 17.5 Å². The third-order valence-electron chi connectivity index (χ3n) is 3.87. The lowest BCUT2D eigenvalue weighted by Crippen LogP contribution is -2.38. The van der Waals surface area contributed by atoms with Gasteiger partial charge in [-0.1, -0.05) is 6.07 Å². The summed E-state index contributed by atoms with van der Waals surface area (Å²) in [5, 5.41) is 2.01. The molecule has 0 saturated carbocycles. The molecular formula is C15H18N4OS. The van der Waals surface area contributed by atoms with Crippen LogP contribution in [-0.4, -0.2) is 33.9 Å². The number of nitrogen functional groups attached to an aromatic ring is 1. The van der Waals surface area contributed by atoms with Crippen LogP contribution in [0.2, 0.25) is 0 Å². The maximum atomic E-state index is 12.2. The van der Waals surface area contributed by atoms with Crippen molar-refractivity contribution in [2.45, 2.75) is 25.2 Å². The smallest absolute Gasteiger partial charge is 0.227 e. The predicted octanol–water partition coefficient (Wildman–Crippen LogP) is 2.07. The average Bonchev–Trinajstić information content (AvgIpc) is 3.00. The molecule has 2 aromatic rings. The van der Waals surface area contributed by atoms with Crippen molar-refractivity contribution < 1.29 is 4.79 Å². The molecule has 21 heavy (non-hydrogen) atoms. The van der Waals surface area contributed by atoms with Crippen LogP contribution < -0.4 is 5.73 Å². The average molecular weight is 302 g/mol. The Labute approximate surface area is 127 Å². The molecule has 0 atom stereocenters. The maximum absolute atomic E-state index is 12.2. The van der Waals surface area contributed by atoms with Gasteiger partial charge in [-0.05, 0) is 30.4 Å². The molecule has 0 spiro atoms. The van der Waals surface area contributed by atoms with E-state index in [0.29, 0.717) is 18.3 Å². The van der Waals surface area contributed by atoms with Gasteiger partial charge in [0.1, 0.15) is 0 Å². The second kappa shape index (κ2) is 6.22. The first-order chi connectivity index (χ1) is 10.2. The number of rotatable bonds is 3. The van der Waals surface area contributed by atoms with Crippen LogP contribution in [0.15, 0.2) is 29.8 Å². The molecule has 6 heteroatoms. The molecule has 2 aromatic heterocycles. The van der Waals surface area contributed by atoms with Crippen molar-refractivity contribution in [3.63, 3.8) is 0 Å². The van der Waals surface area contributed by atoms with Crippen molar-refractivity contribution in [2.75, 3.05) is 18.8 Å². The first-order valence-electron chi connectivity index (χ1n) is 7.11. The highest BCUT2D eigenvalue weighted by atomic mass is 32.1. The van der Waals surface area contributed by atoms with Crippen LogP contribution in [0.1, 0.15) is 29.3 Å². The van der Waals surface area contributed by atoms with Crippen LogP contribution in [0.4, 0.5) is 5.95 Å². The molecule has 1 saturated heterocycles. The predicted molar refractivity (Wildman–Crippen MR) is 83.0 cm³/mol. The van der Waals surface area contributed by atoms with Crippen LogP contribution in [0.25, 0.3) is 0 Å². The molecule has 0 radical (unpaired) electrons. The summed E-state index contributed by atoms with van der Waals surface area (Å²) in [5.74, 6) is 0.919. The van der Waals surface area contributed by atoms with Gasteiger partial charge in [-0.25, -0.2) is 9.97 Å². The van der Waals surface area contributed by atoms with Crippen LogP contribution >= 0.6 is 11.3 Å². The normalized spacial score (nSPS) is 16.1. The van der Waals surface area contributed by atoms with Gasteiger partial charge in [0.2, 0.25) is 11.9 Å². The van der Waals surface area contributed by atoms with E-state index in [1.165, 1.54) is 0 Å². The minimum absolute atomic E-state index is 0.220. The molecule has 2 N–H and O–H groups in total. The van der Waals surface area contributed by atoms with E-state index < -0.39 is 0 Å². The number of aromatic nitrogens is 2. The highest BCUT2D eigenvalue weighted by Crippen LogP contribution is 2.27. The Bertz CT molecular complexity index is 606. The number of anilines is 1. The number of nitrogens with zero attached hydrogens (tertiary/aromatic N) is 3. The standard InChI is InChI=1S/C15H18N4OS/c16-15-17-6-3-13(18-15)11-4-7-19(8-5-11)14(20)10-12-2-1-9-21-12/h1-3,6,9,11H,4-5,7-8,10H2,(H2,16,17,18). The van der Waals surface area contributed by atoms with Gasteiger partial charge >= 0.3 is 0 Å². The molecule has 3 heterocycles. The molecule has 1 aliphatic heterocycles. The van der Waals surface area contributed by atoms with E-state index in [2.05, 4.69) is 9.97 Å². The van der Waals surface area contributed by atoms with Crippen LogP contribution in [-0.2, 0) is 11.2 Å². The molecule has 1 fully saturated rings. The number of piperidine rings is 1. The SMILES string of the molecule is Nc1nccc(C2CCN(C(=O)Cc3cccs3)CC2)n1. The fourth-order valence-electron chi connectivity index (χ4n) is 2.71. The summed E-state index contributed by atoms with van der Waals surface area (Å²) in [4.78, 5) is 23.6. The molecule has 0 aliphatic carbocycles. The molecular weight excluding hydrogens is 284 g/mol. The van der Waals surface area contributed by atoms with Gasteiger partial charge in [-0.3, -0.25) is 4.79 Å². The van der Waals surface area contributed by atoms with E-state index in [9.17, 15) is 4.79 Å². The van der Waals surface area contributed by atoms with Crippen molar-refractivity contribution >= 4 is 23.2 Å². The van der Waals surface area contributed by atoms with E-state index >= 15 is 0 Å². The summed E-state index contributed by atoms with van der Waals surface area (Å²) < 4.78 is 0. The molecule has 0 aromatic carbocycles. The lowest BCUT2D eigenvalue weighted by Gasteiger charge is -2.31. The number of nitrogens with two attached hydrogens (primary N) is 1. The number of thiophene rings is 1. The Hall–Kier alpha value is -1.95. The third-order valence-corrected chi connectivity index (χ3v) is 4.74. The minimum atomic E-state index is 0.220. The number of amides is 1. The first kappa shape index (κ1) is 14.0. The van der Waals surface area contributed by atoms with E-state index in [1.807, 2.05) is 28.5 Å². The Balaban J connectivity index is 1.56. The van der Waals surface area contributed by atoms with Crippen LogP contribution in [0.5, 0.6) is 0 Å². The summed E-state index contributed by atoms with van der Waals surface area (Å²) in [5.41, 5.74) is 6.62. The molecule has 5 nitrogen and oxygen atoms in total. The maximum Gasteiger partial charge on any atom is 0.227 e. The fourth-order valence-corrected chi connectivity index (χ4v) is 3.41. The van der Waals surface area contributed by atoms with Gasteiger partial charge in [-0.2, -0.15) is 0 Å². The van der Waals surface area contributed by atoms with Gasteiger partial charge in [-0.15, -0.1) is 11.3 Å². The Morgan fingerprint density at radius 3 is 2.86 bits per heavy atom. The highest BCUT2D eigenvalue weighted by molar-refractivity contribution is 7.10. The van der Waals surface area contributed by atoms with Gasteiger partial charge in [0.25, 0.3) is 0 Å². The highest BCUT2D eigenvalue weighted by Gasteiger charge is 2.24. The number of likely N-dealkylation sites (tertiary alicyclic amines) is 1. The van der Waals surface area contributed by atoms with Crippen molar-refractivity contribution in [3.8, 4) is 0 Å². The summed E-state index contributed by atoms with van der Waals surface area (Å²) in [6, 6.07) is 5.92. The van der Waals surface area contributed by atoms with Crippen molar-refractivity contribution in [2.24, 2.45) is 0 Å². The lowest BCUT2D eigenvalue weighted by atomic mass is 9.93. The summed E-state index contributed by atoms with van der Waals surface area (Å²) in [7, 11) is 0. The topological polar surface area (TPSA) is 72.1 Å². The number of carbonyl (C=O) groups excluding carboxylic acids is 1. The second-order valence-electron chi connectivity index (χ2n) is 5.25. The van der Waals surface area contributed by atoms with Crippen LogP contribution in [0.3, 0.4) is 0 Å². The van der Waals surface area contributed by atoms with Gasteiger partial charge in [0.15, 0.2) is 0 Å². The summed E-state index contributed by atoms with van der Waals surface area (Å²) >= 11 is 1.64. The van der Waals surface area contributed by atoms with Crippen molar-refractivity contribution in [1.29, 1.82) is 0 Å². The quantitative estimate of drug-likeness (QED) is 0.942. The number of carbonyl (C=O) groups is 1. The van der Waals surface area contributed by atoms with Crippen molar-refractivity contribution in [1.82, 2.24) is 14.9 Å². The molecule has 110 valence electrons. The molecule has 1 aliphatic rings. The first-order valence-corrected chi connectivity index (χ1v) is 7.99. The lowest BCUT2D eigenvalue weighted by molar-refractivity contribution is -0.131. The fraction of sp³-hybridized carbons (Fsp3) is 0.400.